The smallest absolute Gasteiger partial charge is 0.191 e. The van der Waals surface area contributed by atoms with E-state index in [4.69, 9.17) is 11.6 Å². The van der Waals surface area contributed by atoms with Gasteiger partial charge in [-0.3, -0.25) is 4.99 Å². The number of rotatable bonds is 5. The third-order valence-corrected chi connectivity index (χ3v) is 3.62. The minimum absolute atomic E-state index is 0.187. The van der Waals surface area contributed by atoms with Crippen molar-refractivity contribution in [2.45, 2.75) is 19.9 Å². The highest BCUT2D eigenvalue weighted by molar-refractivity contribution is 6.29. The van der Waals surface area contributed by atoms with Crippen LogP contribution in [0.5, 0.6) is 0 Å². The predicted octanol–water partition coefficient (Wildman–Crippen LogP) is 3.09. The molecule has 122 valence electrons. The zero-order valence-corrected chi connectivity index (χ0v) is 14.0. The van der Waals surface area contributed by atoms with E-state index in [1.54, 1.807) is 32.3 Å². The fraction of sp³-hybridized carbons (Fsp3) is 0.294. The van der Waals surface area contributed by atoms with Crippen molar-refractivity contribution in [1.29, 1.82) is 0 Å². The molecule has 6 heteroatoms. The van der Waals surface area contributed by atoms with E-state index in [-0.39, 0.29) is 5.82 Å². The lowest BCUT2D eigenvalue weighted by Crippen LogP contribution is -2.37. The summed E-state index contributed by atoms with van der Waals surface area (Å²) in [6.07, 6.45) is 2.59. The van der Waals surface area contributed by atoms with Crippen LogP contribution in [-0.2, 0) is 13.0 Å². The van der Waals surface area contributed by atoms with E-state index in [1.807, 2.05) is 12.1 Å². The summed E-state index contributed by atoms with van der Waals surface area (Å²) < 4.78 is 13.2. The first-order valence-electron chi connectivity index (χ1n) is 7.38. The molecule has 0 atom stereocenters. The fourth-order valence-corrected chi connectivity index (χ4v) is 2.21. The zero-order valence-electron chi connectivity index (χ0n) is 13.2. The molecule has 1 aromatic heterocycles. The third-order valence-electron chi connectivity index (χ3n) is 3.40. The van der Waals surface area contributed by atoms with Crippen LogP contribution in [0.1, 0.15) is 16.7 Å². The number of nitrogens with one attached hydrogen (secondary N) is 2. The molecule has 0 radical (unpaired) electrons. The van der Waals surface area contributed by atoms with Crippen molar-refractivity contribution >= 4 is 17.6 Å². The number of hydrogen-bond acceptors (Lipinski definition) is 2. The minimum atomic E-state index is -0.187. The molecule has 1 heterocycles. The SMILES string of the molecule is CN=C(NCCc1ccc(Cl)nc1)NCc1ccc(F)c(C)c1. The Bertz CT molecular complexity index is 671. The molecule has 0 aliphatic carbocycles. The molecule has 2 aromatic rings. The fourth-order valence-electron chi connectivity index (χ4n) is 2.10. The predicted molar refractivity (Wildman–Crippen MR) is 92.3 cm³/mol. The van der Waals surface area contributed by atoms with E-state index in [1.165, 1.54) is 6.07 Å². The van der Waals surface area contributed by atoms with E-state index in [2.05, 4.69) is 20.6 Å². The summed E-state index contributed by atoms with van der Waals surface area (Å²) in [5, 5.41) is 6.93. The van der Waals surface area contributed by atoms with Crippen LogP contribution < -0.4 is 10.6 Å². The lowest BCUT2D eigenvalue weighted by atomic mass is 10.1. The van der Waals surface area contributed by atoms with Crippen molar-refractivity contribution in [2.24, 2.45) is 4.99 Å². The molecule has 0 saturated heterocycles. The highest BCUT2D eigenvalue weighted by atomic mass is 35.5. The number of pyridine rings is 1. The van der Waals surface area contributed by atoms with Crippen LogP contribution >= 0.6 is 11.6 Å². The monoisotopic (exact) mass is 334 g/mol. The van der Waals surface area contributed by atoms with Crippen LogP contribution in [0.4, 0.5) is 4.39 Å². The molecular formula is C17H20ClFN4. The molecule has 0 aliphatic rings. The van der Waals surface area contributed by atoms with Crippen LogP contribution in [-0.4, -0.2) is 24.5 Å². The summed E-state index contributed by atoms with van der Waals surface area (Å²) in [5.41, 5.74) is 2.75. The maximum absolute atomic E-state index is 13.2. The second-order valence-electron chi connectivity index (χ2n) is 5.18. The van der Waals surface area contributed by atoms with E-state index in [9.17, 15) is 4.39 Å². The minimum Gasteiger partial charge on any atom is -0.356 e. The maximum atomic E-state index is 13.2. The number of halogens is 2. The molecule has 0 unspecified atom stereocenters. The molecule has 0 bridgehead atoms. The van der Waals surface area contributed by atoms with Gasteiger partial charge in [-0.05, 0) is 42.2 Å². The molecule has 2 N–H and O–H groups in total. The Balaban J connectivity index is 1.79. The van der Waals surface area contributed by atoms with Gasteiger partial charge in [0, 0.05) is 26.3 Å². The Morgan fingerprint density at radius 1 is 1.22 bits per heavy atom. The van der Waals surface area contributed by atoms with Crippen LogP contribution in [0.15, 0.2) is 41.5 Å². The second-order valence-corrected chi connectivity index (χ2v) is 5.56. The molecule has 0 spiro atoms. The van der Waals surface area contributed by atoms with Gasteiger partial charge in [-0.1, -0.05) is 29.8 Å². The lowest BCUT2D eigenvalue weighted by Gasteiger charge is -2.12. The summed E-state index contributed by atoms with van der Waals surface area (Å²) in [7, 11) is 1.72. The Hall–Kier alpha value is -2.14. The van der Waals surface area contributed by atoms with E-state index >= 15 is 0 Å². The third kappa shape index (κ3) is 5.53. The van der Waals surface area contributed by atoms with Crippen molar-refractivity contribution in [3.8, 4) is 0 Å². The van der Waals surface area contributed by atoms with Gasteiger partial charge in [0.2, 0.25) is 0 Å². The van der Waals surface area contributed by atoms with Crippen LogP contribution in [0.25, 0.3) is 0 Å². The van der Waals surface area contributed by atoms with Crippen molar-refractivity contribution in [3.63, 3.8) is 0 Å². The Morgan fingerprint density at radius 2 is 2.00 bits per heavy atom. The molecule has 0 amide bonds. The average molecular weight is 335 g/mol. The van der Waals surface area contributed by atoms with Gasteiger partial charge in [0.15, 0.2) is 5.96 Å². The second kappa shape index (κ2) is 8.48. The normalized spacial score (nSPS) is 11.4. The first kappa shape index (κ1) is 17.2. The zero-order chi connectivity index (χ0) is 16.7. The first-order valence-corrected chi connectivity index (χ1v) is 7.76. The van der Waals surface area contributed by atoms with E-state index in [0.29, 0.717) is 23.2 Å². The van der Waals surface area contributed by atoms with Gasteiger partial charge in [-0.2, -0.15) is 0 Å². The number of guanidine groups is 1. The van der Waals surface area contributed by atoms with Crippen molar-refractivity contribution < 1.29 is 4.39 Å². The van der Waals surface area contributed by atoms with Gasteiger partial charge in [-0.25, -0.2) is 9.37 Å². The quantitative estimate of drug-likeness (QED) is 0.502. The Kier molecular flexibility index (Phi) is 6.35. The Labute approximate surface area is 140 Å². The van der Waals surface area contributed by atoms with Gasteiger partial charge in [0.1, 0.15) is 11.0 Å². The maximum Gasteiger partial charge on any atom is 0.191 e. The van der Waals surface area contributed by atoms with Gasteiger partial charge in [0.05, 0.1) is 0 Å². The molecular weight excluding hydrogens is 315 g/mol. The average Bonchev–Trinajstić information content (AvgIpc) is 2.55. The van der Waals surface area contributed by atoms with Crippen molar-refractivity contribution in [3.05, 3.63) is 64.2 Å². The summed E-state index contributed by atoms with van der Waals surface area (Å²) in [5.74, 6) is 0.515. The van der Waals surface area contributed by atoms with E-state index in [0.717, 1.165) is 24.1 Å². The van der Waals surface area contributed by atoms with Crippen molar-refractivity contribution in [1.82, 2.24) is 15.6 Å². The van der Waals surface area contributed by atoms with Crippen LogP contribution in [0.2, 0.25) is 5.15 Å². The van der Waals surface area contributed by atoms with Gasteiger partial charge >= 0.3 is 0 Å². The summed E-state index contributed by atoms with van der Waals surface area (Å²) in [4.78, 5) is 8.22. The molecule has 4 nitrogen and oxygen atoms in total. The number of aliphatic imine (C=N–C) groups is 1. The molecule has 23 heavy (non-hydrogen) atoms. The summed E-state index contributed by atoms with van der Waals surface area (Å²) >= 11 is 5.76. The lowest BCUT2D eigenvalue weighted by molar-refractivity contribution is 0.617. The summed E-state index contributed by atoms with van der Waals surface area (Å²) in [6, 6.07) is 8.81. The largest absolute Gasteiger partial charge is 0.356 e. The van der Waals surface area contributed by atoms with Crippen molar-refractivity contribution in [2.75, 3.05) is 13.6 Å². The number of aryl methyl sites for hydroxylation is 1. The summed E-state index contributed by atoms with van der Waals surface area (Å²) in [6.45, 7) is 3.07. The number of aromatic nitrogens is 1. The molecule has 0 aliphatic heterocycles. The van der Waals surface area contributed by atoms with E-state index < -0.39 is 0 Å². The van der Waals surface area contributed by atoms with Crippen LogP contribution in [0.3, 0.4) is 0 Å². The molecule has 0 saturated carbocycles. The van der Waals surface area contributed by atoms with Gasteiger partial charge in [-0.15, -0.1) is 0 Å². The highest BCUT2D eigenvalue weighted by Crippen LogP contribution is 2.09. The standard InChI is InChI=1S/C17H20ClFN4/c1-12-9-14(3-5-15(12)19)11-23-17(20-2)21-8-7-13-4-6-16(18)22-10-13/h3-6,9-10H,7-8,11H2,1-2H3,(H2,20,21,23). The molecule has 0 fully saturated rings. The number of benzene rings is 1. The van der Waals surface area contributed by atoms with Gasteiger partial charge < -0.3 is 10.6 Å². The molecule has 1 aromatic carbocycles. The first-order chi connectivity index (χ1) is 11.1. The van der Waals surface area contributed by atoms with Crippen LogP contribution in [0, 0.1) is 12.7 Å². The number of nitrogens with zero attached hydrogens (tertiary/aromatic N) is 2. The highest BCUT2D eigenvalue weighted by Gasteiger charge is 2.02. The number of hydrogen-bond donors (Lipinski definition) is 2. The molecule has 2 rings (SSSR count). The topological polar surface area (TPSA) is 49.3 Å². The Morgan fingerprint density at radius 3 is 2.65 bits per heavy atom. The van der Waals surface area contributed by atoms with Gasteiger partial charge in [0.25, 0.3) is 0 Å².